The van der Waals surface area contributed by atoms with Crippen molar-refractivity contribution < 1.29 is 19.4 Å². The van der Waals surface area contributed by atoms with E-state index in [9.17, 15) is 9.59 Å². The molecule has 5 nitrogen and oxygen atoms in total. The van der Waals surface area contributed by atoms with Crippen LogP contribution in [0.4, 0.5) is 0 Å². The molecule has 1 atom stereocenters. The molecule has 0 aromatic carbocycles. The number of rotatable bonds is 5. The Morgan fingerprint density at radius 2 is 2.23 bits per heavy atom. The average Bonchev–Trinajstić information content (AvgIpc) is 2.04. The van der Waals surface area contributed by atoms with Crippen LogP contribution in [0.2, 0.25) is 0 Å². The third kappa shape index (κ3) is 3.25. The van der Waals surface area contributed by atoms with Crippen molar-refractivity contribution in [2.75, 3.05) is 13.7 Å². The average molecular weight is 187 g/mol. The molecule has 0 aromatic rings. The van der Waals surface area contributed by atoms with E-state index in [0.717, 1.165) is 6.08 Å². The Labute approximate surface area is 76.4 Å². The van der Waals surface area contributed by atoms with Gasteiger partial charge in [0.25, 0.3) is 0 Å². The predicted octanol–water partition coefficient (Wildman–Crippen LogP) is -0.222. The minimum absolute atomic E-state index is 0.170. The standard InChI is InChI=1S/C8H13NO4/c1-4-8(2,7(11)12)9-6(10)5-13-3/h4H,1,5H2,2-3H3,(H,9,10)(H,11,12). The van der Waals surface area contributed by atoms with E-state index in [1.165, 1.54) is 14.0 Å². The number of carbonyl (C=O) groups excluding carboxylic acids is 1. The van der Waals surface area contributed by atoms with E-state index in [4.69, 9.17) is 5.11 Å². The molecule has 0 spiro atoms. The number of amides is 1. The number of aliphatic carboxylic acids is 1. The zero-order valence-corrected chi connectivity index (χ0v) is 7.66. The number of hydrogen-bond acceptors (Lipinski definition) is 3. The number of hydrogen-bond donors (Lipinski definition) is 2. The number of carbonyl (C=O) groups is 2. The van der Waals surface area contributed by atoms with E-state index in [2.05, 4.69) is 16.6 Å². The Balaban J connectivity index is 4.36. The number of methoxy groups -OCH3 is 1. The first-order valence-electron chi connectivity index (χ1n) is 3.63. The molecule has 0 aliphatic heterocycles. The molecule has 5 heteroatoms. The summed E-state index contributed by atoms with van der Waals surface area (Å²) in [6.45, 7) is 4.50. The molecule has 1 unspecified atom stereocenters. The first-order chi connectivity index (χ1) is 5.96. The van der Waals surface area contributed by atoms with Crippen LogP contribution in [-0.2, 0) is 14.3 Å². The Kier molecular flexibility index (Phi) is 4.13. The lowest BCUT2D eigenvalue weighted by Gasteiger charge is -2.21. The van der Waals surface area contributed by atoms with Crippen molar-refractivity contribution >= 4 is 11.9 Å². The molecule has 0 aliphatic carbocycles. The van der Waals surface area contributed by atoms with Crippen LogP contribution in [0, 0.1) is 0 Å². The highest BCUT2D eigenvalue weighted by molar-refractivity contribution is 5.88. The smallest absolute Gasteiger partial charge is 0.333 e. The summed E-state index contributed by atoms with van der Waals surface area (Å²) in [4.78, 5) is 21.6. The topological polar surface area (TPSA) is 75.6 Å². The summed E-state index contributed by atoms with van der Waals surface area (Å²) in [5.74, 6) is -1.65. The van der Waals surface area contributed by atoms with Crippen molar-refractivity contribution in [3.63, 3.8) is 0 Å². The third-order valence-electron chi connectivity index (χ3n) is 1.53. The molecule has 0 bridgehead atoms. The summed E-state index contributed by atoms with van der Waals surface area (Å²) in [7, 11) is 1.35. The second-order valence-electron chi connectivity index (χ2n) is 2.69. The van der Waals surface area contributed by atoms with Gasteiger partial charge in [-0.1, -0.05) is 6.08 Å². The van der Waals surface area contributed by atoms with Gasteiger partial charge in [-0.2, -0.15) is 0 Å². The maximum Gasteiger partial charge on any atom is 0.333 e. The van der Waals surface area contributed by atoms with Crippen molar-refractivity contribution in [2.45, 2.75) is 12.5 Å². The molecule has 0 saturated heterocycles. The summed E-state index contributed by atoms with van der Waals surface area (Å²) in [6, 6.07) is 0. The lowest BCUT2D eigenvalue weighted by Crippen LogP contribution is -2.51. The quantitative estimate of drug-likeness (QED) is 0.583. The molecule has 0 aliphatic rings. The van der Waals surface area contributed by atoms with Crippen LogP contribution in [0.15, 0.2) is 12.7 Å². The second-order valence-corrected chi connectivity index (χ2v) is 2.69. The van der Waals surface area contributed by atoms with Gasteiger partial charge in [-0.15, -0.1) is 6.58 Å². The Morgan fingerprint density at radius 1 is 1.69 bits per heavy atom. The molecule has 0 saturated carbocycles. The molecule has 0 heterocycles. The Morgan fingerprint density at radius 3 is 2.54 bits per heavy atom. The first kappa shape index (κ1) is 11.6. The molecule has 74 valence electrons. The molecule has 0 aromatic heterocycles. The SMILES string of the molecule is C=CC(C)(NC(=O)COC)C(=O)O. The monoisotopic (exact) mass is 187 g/mol. The molecule has 2 N–H and O–H groups in total. The van der Waals surface area contributed by atoms with E-state index >= 15 is 0 Å². The highest BCUT2D eigenvalue weighted by Crippen LogP contribution is 2.04. The fourth-order valence-corrected chi connectivity index (χ4v) is 0.649. The molecule has 0 fully saturated rings. The summed E-state index contributed by atoms with van der Waals surface area (Å²) >= 11 is 0. The first-order valence-corrected chi connectivity index (χ1v) is 3.63. The maximum atomic E-state index is 11.0. The van der Waals surface area contributed by atoms with Crippen LogP contribution in [0.1, 0.15) is 6.92 Å². The van der Waals surface area contributed by atoms with Crippen LogP contribution < -0.4 is 5.32 Å². The van der Waals surface area contributed by atoms with Crippen molar-refractivity contribution in [1.82, 2.24) is 5.32 Å². The van der Waals surface area contributed by atoms with E-state index in [-0.39, 0.29) is 6.61 Å². The largest absolute Gasteiger partial charge is 0.479 e. The lowest BCUT2D eigenvalue weighted by molar-refractivity contribution is -0.145. The Bertz CT molecular complexity index is 226. The van der Waals surface area contributed by atoms with Crippen molar-refractivity contribution in [3.8, 4) is 0 Å². The summed E-state index contributed by atoms with van der Waals surface area (Å²) < 4.78 is 4.53. The zero-order valence-electron chi connectivity index (χ0n) is 7.66. The van der Waals surface area contributed by atoms with Crippen LogP contribution in [0.5, 0.6) is 0 Å². The van der Waals surface area contributed by atoms with E-state index in [1.54, 1.807) is 0 Å². The van der Waals surface area contributed by atoms with Gasteiger partial charge in [-0.05, 0) is 6.92 Å². The molecular weight excluding hydrogens is 174 g/mol. The second kappa shape index (κ2) is 4.61. The minimum atomic E-state index is -1.43. The van der Waals surface area contributed by atoms with Gasteiger partial charge in [0.05, 0.1) is 0 Å². The third-order valence-corrected chi connectivity index (χ3v) is 1.53. The van der Waals surface area contributed by atoms with Crippen molar-refractivity contribution in [2.24, 2.45) is 0 Å². The number of nitrogens with one attached hydrogen (secondary N) is 1. The van der Waals surface area contributed by atoms with Gasteiger partial charge < -0.3 is 15.2 Å². The predicted molar refractivity (Wildman–Crippen MR) is 46.3 cm³/mol. The number of ether oxygens (including phenoxy) is 1. The van der Waals surface area contributed by atoms with Crippen LogP contribution in [-0.4, -0.2) is 36.2 Å². The normalized spacial score (nSPS) is 14.3. The number of carboxylic acids is 1. The van der Waals surface area contributed by atoms with Crippen molar-refractivity contribution in [1.29, 1.82) is 0 Å². The van der Waals surface area contributed by atoms with E-state index in [0.29, 0.717) is 0 Å². The van der Waals surface area contributed by atoms with Gasteiger partial charge in [0.15, 0.2) is 5.54 Å². The fraction of sp³-hybridized carbons (Fsp3) is 0.500. The summed E-state index contributed by atoms with van der Waals surface area (Å²) in [5, 5.41) is 11.0. The van der Waals surface area contributed by atoms with Crippen LogP contribution in [0.3, 0.4) is 0 Å². The van der Waals surface area contributed by atoms with Crippen LogP contribution in [0.25, 0.3) is 0 Å². The highest BCUT2D eigenvalue weighted by Gasteiger charge is 2.30. The zero-order chi connectivity index (χ0) is 10.5. The maximum absolute atomic E-state index is 11.0. The van der Waals surface area contributed by atoms with Gasteiger partial charge in [0.1, 0.15) is 6.61 Å². The lowest BCUT2D eigenvalue weighted by atomic mass is 10.0. The Hall–Kier alpha value is -1.36. The molecule has 13 heavy (non-hydrogen) atoms. The van der Waals surface area contributed by atoms with Gasteiger partial charge in [-0.25, -0.2) is 4.79 Å². The molecule has 1 amide bonds. The van der Waals surface area contributed by atoms with Gasteiger partial charge in [0, 0.05) is 7.11 Å². The number of carboxylic acid groups (broad SMARTS) is 1. The molecule has 0 rings (SSSR count). The summed E-state index contributed by atoms with van der Waals surface area (Å²) in [5.41, 5.74) is -1.43. The summed E-state index contributed by atoms with van der Waals surface area (Å²) in [6.07, 6.45) is 1.16. The van der Waals surface area contributed by atoms with E-state index < -0.39 is 17.4 Å². The van der Waals surface area contributed by atoms with Gasteiger partial charge in [0.2, 0.25) is 5.91 Å². The fourth-order valence-electron chi connectivity index (χ4n) is 0.649. The van der Waals surface area contributed by atoms with Gasteiger partial charge in [-0.3, -0.25) is 4.79 Å². The van der Waals surface area contributed by atoms with Crippen LogP contribution >= 0.6 is 0 Å². The van der Waals surface area contributed by atoms with Crippen molar-refractivity contribution in [3.05, 3.63) is 12.7 Å². The van der Waals surface area contributed by atoms with Gasteiger partial charge >= 0.3 is 5.97 Å². The van der Waals surface area contributed by atoms with E-state index in [1.807, 2.05) is 0 Å². The highest BCUT2D eigenvalue weighted by atomic mass is 16.5. The molecule has 0 radical (unpaired) electrons. The minimum Gasteiger partial charge on any atom is -0.479 e. The molecular formula is C8H13NO4.